The molecule has 0 saturated carbocycles. The summed E-state index contributed by atoms with van der Waals surface area (Å²) in [5.74, 6) is 0.819. The second-order valence-electron chi connectivity index (χ2n) is 5.97. The molecule has 0 spiro atoms. The van der Waals surface area contributed by atoms with E-state index in [2.05, 4.69) is 24.4 Å². The topological polar surface area (TPSA) is 39.1 Å². The number of nitrogens with zero attached hydrogens (tertiary/aromatic N) is 2. The first-order valence-corrected chi connectivity index (χ1v) is 8.27. The van der Waals surface area contributed by atoms with Crippen molar-refractivity contribution in [2.45, 2.75) is 20.0 Å². The molecule has 0 aliphatic carbocycles. The van der Waals surface area contributed by atoms with Crippen LogP contribution >= 0.6 is 11.6 Å². The Kier molecular flexibility index (Phi) is 3.79. The molecular formula is C19H18ClN3O. The molecule has 0 fully saturated rings. The van der Waals surface area contributed by atoms with Crippen molar-refractivity contribution in [1.29, 1.82) is 0 Å². The molecule has 122 valence electrons. The van der Waals surface area contributed by atoms with Gasteiger partial charge in [0.05, 0.1) is 18.5 Å². The van der Waals surface area contributed by atoms with E-state index in [1.807, 2.05) is 35.0 Å². The third-order valence-electron chi connectivity index (χ3n) is 4.34. The zero-order valence-electron chi connectivity index (χ0n) is 13.6. The molecule has 0 atom stereocenters. The van der Waals surface area contributed by atoms with Gasteiger partial charge in [0.1, 0.15) is 11.4 Å². The molecule has 0 unspecified atom stereocenters. The standard InChI is InChI=1S/C19H18ClN3O/c1-12-3-8-17(18(9-12)24-2)23-19(13-4-6-14(20)7-5-13)15-10-21-11-16(15)22-23/h3-9,21H,10-11H2,1-2H3. The number of halogens is 1. The number of aromatic nitrogens is 2. The van der Waals surface area contributed by atoms with Crippen LogP contribution in [0.3, 0.4) is 0 Å². The van der Waals surface area contributed by atoms with E-state index in [1.54, 1.807) is 7.11 Å². The van der Waals surface area contributed by atoms with Gasteiger partial charge in [0, 0.05) is 29.2 Å². The van der Waals surface area contributed by atoms with E-state index in [9.17, 15) is 0 Å². The average Bonchev–Trinajstić information content (AvgIpc) is 3.16. The quantitative estimate of drug-likeness (QED) is 0.780. The van der Waals surface area contributed by atoms with Gasteiger partial charge in [0.25, 0.3) is 0 Å². The lowest BCUT2D eigenvalue weighted by molar-refractivity contribution is 0.411. The number of ether oxygens (including phenoxy) is 1. The minimum Gasteiger partial charge on any atom is -0.494 e. The van der Waals surface area contributed by atoms with E-state index >= 15 is 0 Å². The molecule has 0 saturated heterocycles. The predicted molar refractivity (Wildman–Crippen MR) is 95.8 cm³/mol. The molecule has 3 aromatic rings. The Morgan fingerprint density at radius 3 is 2.67 bits per heavy atom. The van der Waals surface area contributed by atoms with Crippen LogP contribution in [0.4, 0.5) is 0 Å². The van der Waals surface area contributed by atoms with Gasteiger partial charge in [-0.3, -0.25) is 0 Å². The normalized spacial score (nSPS) is 13.1. The Hall–Kier alpha value is -2.30. The number of hydrogen-bond acceptors (Lipinski definition) is 3. The molecule has 24 heavy (non-hydrogen) atoms. The molecule has 1 aromatic heterocycles. The number of methoxy groups -OCH3 is 1. The van der Waals surface area contributed by atoms with Crippen molar-refractivity contribution in [3.05, 3.63) is 64.3 Å². The number of fused-ring (bicyclic) bond motifs is 1. The molecule has 0 amide bonds. The smallest absolute Gasteiger partial charge is 0.144 e. The largest absolute Gasteiger partial charge is 0.494 e. The van der Waals surface area contributed by atoms with Gasteiger partial charge in [-0.25, -0.2) is 4.68 Å². The Labute approximate surface area is 146 Å². The summed E-state index contributed by atoms with van der Waals surface area (Å²) in [5, 5.41) is 8.94. The minimum absolute atomic E-state index is 0.729. The molecule has 1 aliphatic heterocycles. The molecule has 0 bridgehead atoms. The number of rotatable bonds is 3. The van der Waals surface area contributed by atoms with Crippen molar-refractivity contribution in [3.63, 3.8) is 0 Å². The Morgan fingerprint density at radius 1 is 1.12 bits per heavy atom. The summed E-state index contributed by atoms with van der Waals surface area (Å²) in [4.78, 5) is 0. The summed E-state index contributed by atoms with van der Waals surface area (Å²) in [5.41, 5.74) is 6.61. The summed E-state index contributed by atoms with van der Waals surface area (Å²) in [6.45, 7) is 3.66. The molecule has 1 aliphatic rings. The van der Waals surface area contributed by atoms with Crippen LogP contribution in [-0.4, -0.2) is 16.9 Å². The summed E-state index contributed by atoms with van der Waals surface area (Å²) < 4.78 is 7.59. The van der Waals surface area contributed by atoms with Crippen molar-refractivity contribution in [3.8, 4) is 22.7 Å². The molecule has 2 aromatic carbocycles. The SMILES string of the molecule is COc1cc(C)ccc1-n1nc2c(c1-c1ccc(Cl)cc1)CNC2. The van der Waals surface area contributed by atoms with Gasteiger partial charge in [0.2, 0.25) is 0 Å². The molecule has 4 rings (SSSR count). The number of aryl methyl sites for hydroxylation is 1. The monoisotopic (exact) mass is 339 g/mol. The summed E-state index contributed by atoms with van der Waals surface area (Å²) >= 11 is 6.06. The third-order valence-corrected chi connectivity index (χ3v) is 4.59. The Bertz CT molecular complexity index is 900. The summed E-state index contributed by atoms with van der Waals surface area (Å²) in [7, 11) is 1.69. The second-order valence-corrected chi connectivity index (χ2v) is 6.41. The van der Waals surface area contributed by atoms with E-state index in [-0.39, 0.29) is 0 Å². The van der Waals surface area contributed by atoms with Crippen LogP contribution in [0.1, 0.15) is 16.8 Å². The number of hydrogen-bond donors (Lipinski definition) is 1. The van der Waals surface area contributed by atoms with Gasteiger partial charge in [-0.15, -0.1) is 0 Å². The van der Waals surface area contributed by atoms with Crippen LogP contribution < -0.4 is 10.1 Å². The Morgan fingerprint density at radius 2 is 1.92 bits per heavy atom. The fraction of sp³-hybridized carbons (Fsp3) is 0.211. The maximum Gasteiger partial charge on any atom is 0.144 e. The van der Waals surface area contributed by atoms with E-state index in [4.69, 9.17) is 21.4 Å². The predicted octanol–water partition coefficient (Wildman–Crippen LogP) is 4.11. The van der Waals surface area contributed by atoms with Crippen molar-refractivity contribution in [1.82, 2.24) is 15.1 Å². The lowest BCUT2D eigenvalue weighted by atomic mass is 10.1. The molecule has 4 nitrogen and oxygen atoms in total. The number of benzene rings is 2. The molecule has 5 heteroatoms. The van der Waals surface area contributed by atoms with Crippen LogP contribution in [0.5, 0.6) is 5.75 Å². The highest BCUT2D eigenvalue weighted by Gasteiger charge is 2.24. The van der Waals surface area contributed by atoms with Gasteiger partial charge in [-0.05, 0) is 36.8 Å². The highest BCUT2D eigenvalue weighted by Crippen LogP contribution is 2.35. The van der Waals surface area contributed by atoms with E-state index in [0.717, 1.165) is 52.1 Å². The fourth-order valence-corrected chi connectivity index (χ4v) is 3.29. The first-order chi connectivity index (χ1) is 11.7. The molecular weight excluding hydrogens is 322 g/mol. The van der Waals surface area contributed by atoms with Crippen LogP contribution in [0.2, 0.25) is 5.02 Å². The van der Waals surface area contributed by atoms with Crippen LogP contribution in [-0.2, 0) is 13.1 Å². The van der Waals surface area contributed by atoms with Gasteiger partial charge < -0.3 is 10.1 Å². The fourth-order valence-electron chi connectivity index (χ4n) is 3.17. The highest BCUT2D eigenvalue weighted by atomic mass is 35.5. The van der Waals surface area contributed by atoms with Crippen molar-refractivity contribution >= 4 is 11.6 Å². The minimum atomic E-state index is 0.729. The number of nitrogens with one attached hydrogen (secondary N) is 1. The van der Waals surface area contributed by atoms with Gasteiger partial charge in [-0.1, -0.05) is 29.8 Å². The molecule has 2 heterocycles. The van der Waals surface area contributed by atoms with Crippen molar-refractivity contribution in [2.75, 3.05) is 7.11 Å². The van der Waals surface area contributed by atoms with Gasteiger partial charge in [0.15, 0.2) is 0 Å². The third kappa shape index (κ3) is 2.48. The Balaban J connectivity index is 1.95. The summed E-state index contributed by atoms with van der Waals surface area (Å²) in [6, 6.07) is 14.1. The van der Waals surface area contributed by atoms with E-state index < -0.39 is 0 Å². The zero-order valence-corrected chi connectivity index (χ0v) is 14.4. The zero-order chi connectivity index (χ0) is 16.7. The first-order valence-electron chi connectivity index (χ1n) is 7.90. The van der Waals surface area contributed by atoms with Crippen LogP contribution in [0.15, 0.2) is 42.5 Å². The average molecular weight is 340 g/mol. The van der Waals surface area contributed by atoms with E-state index in [0.29, 0.717) is 0 Å². The van der Waals surface area contributed by atoms with Crippen molar-refractivity contribution < 1.29 is 4.74 Å². The maximum atomic E-state index is 6.06. The van der Waals surface area contributed by atoms with Crippen LogP contribution in [0, 0.1) is 6.92 Å². The lowest BCUT2D eigenvalue weighted by Crippen LogP contribution is -2.08. The maximum absolute atomic E-state index is 6.06. The first kappa shape index (κ1) is 15.2. The second kappa shape index (κ2) is 5.96. The molecule has 1 N–H and O–H groups in total. The lowest BCUT2D eigenvalue weighted by Gasteiger charge is -2.14. The van der Waals surface area contributed by atoms with E-state index in [1.165, 1.54) is 5.56 Å². The summed E-state index contributed by atoms with van der Waals surface area (Å²) in [6.07, 6.45) is 0. The van der Waals surface area contributed by atoms with Crippen LogP contribution in [0.25, 0.3) is 16.9 Å². The van der Waals surface area contributed by atoms with Crippen molar-refractivity contribution in [2.24, 2.45) is 0 Å². The highest BCUT2D eigenvalue weighted by molar-refractivity contribution is 6.30. The molecule has 0 radical (unpaired) electrons. The van der Waals surface area contributed by atoms with Gasteiger partial charge >= 0.3 is 0 Å². The van der Waals surface area contributed by atoms with Gasteiger partial charge in [-0.2, -0.15) is 5.10 Å².